The molecule has 0 aromatic carbocycles. The molecule has 0 radical (unpaired) electrons. The third kappa shape index (κ3) is 3.31. The molecule has 0 spiro atoms. The van der Waals surface area contributed by atoms with Gasteiger partial charge in [-0.15, -0.1) is 0 Å². The minimum absolute atomic E-state index is 0.279. The maximum atomic E-state index is 6.16. The van der Waals surface area contributed by atoms with E-state index in [0.29, 0.717) is 16.1 Å². The van der Waals surface area contributed by atoms with Crippen LogP contribution in [0.25, 0.3) is 0 Å². The molecule has 1 aliphatic rings. The van der Waals surface area contributed by atoms with Gasteiger partial charge in [0.05, 0.1) is 10.7 Å². The first kappa shape index (κ1) is 14.2. The van der Waals surface area contributed by atoms with Crippen LogP contribution in [0.2, 0.25) is 5.02 Å². The molecule has 0 amide bonds. The van der Waals surface area contributed by atoms with Gasteiger partial charge in [0.2, 0.25) is 0 Å². The van der Waals surface area contributed by atoms with Crippen LogP contribution in [0.15, 0.2) is 36.7 Å². The van der Waals surface area contributed by atoms with Crippen LogP contribution < -0.4 is 10.6 Å². The highest BCUT2D eigenvalue weighted by molar-refractivity contribution is 7.80. The van der Waals surface area contributed by atoms with Gasteiger partial charge < -0.3 is 10.6 Å². The molecule has 2 aromatic rings. The second-order valence-corrected chi connectivity index (χ2v) is 5.90. The number of halogens is 1. The molecule has 0 aliphatic heterocycles. The summed E-state index contributed by atoms with van der Waals surface area (Å²) >= 11 is 11.5. The van der Waals surface area contributed by atoms with Crippen molar-refractivity contribution in [2.45, 2.75) is 25.3 Å². The summed E-state index contributed by atoms with van der Waals surface area (Å²) in [6.45, 7) is 1.99. The molecule has 0 bridgehead atoms. The van der Waals surface area contributed by atoms with E-state index in [0.717, 1.165) is 23.5 Å². The zero-order chi connectivity index (χ0) is 14.8. The van der Waals surface area contributed by atoms with Gasteiger partial charge >= 0.3 is 0 Å². The van der Waals surface area contributed by atoms with Gasteiger partial charge in [-0.2, -0.15) is 0 Å². The largest absolute Gasteiger partial charge is 0.359 e. The molecule has 1 aliphatic carbocycles. The summed E-state index contributed by atoms with van der Waals surface area (Å²) in [5.41, 5.74) is 2.00. The Balaban J connectivity index is 1.58. The average molecular weight is 319 g/mol. The van der Waals surface area contributed by atoms with Crippen molar-refractivity contribution in [3.63, 3.8) is 0 Å². The molecule has 0 saturated heterocycles. The monoisotopic (exact) mass is 318 g/mol. The van der Waals surface area contributed by atoms with Gasteiger partial charge in [0.25, 0.3) is 0 Å². The molecule has 6 heteroatoms. The van der Waals surface area contributed by atoms with E-state index in [1.807, 2.05) is 31.2 Å². The Morgan fingerprint density at radius 2 is 2.05 bits per heavy atom. The fourth-order valence-electron chi connectivity index (χ4n) is 2.26. The molecular formula is C15H15ClN4S. The highest BCUT2D eigenvalue weighted by Gasteiger charge is 2.41. The van der Waals surface area contributed by atoms with E-state index in [2.05, 4.69) is 20.6 Å². The highest BCUT2D eigenvalue weighted by atomic mass is 35.5. The number of aryl methyl sites for hydroxylation is 1. The molecule has 108 valence electrons. The minimum atomic E-state index is 0.279. The molecule has 2 unspecified atom stereocenters. The Labute approximate surface area is 134 Å². The number of nitrogens with zero attached hydrogens (tertiary/aromatic N) is 2. The van der Waals surface area contributed by atoms with Crippen molar-refractivity contribution < 1.29 is 0 Å². The zero-order valence-corrected chi connectivity index (χ0v) is 13.1. The first-order valence-corrected chi connectivity index (χ1v) is 7.53. The van der Waals surface area contributed by atoms with E-state index in [-0.39, 0.29) is 6.04 Å². The maximum Gasteiger partial charge on any atom is 0.172 e. The summed E-state index contributed by atoms with van der Waals surface area (Å²) in [7, 11) is 0. The molecule has 2 aromatic heterocycles. The normalized spacial score (nSPS) is 19.9. The second-order valence-electron chi connectivity index (χ2n) is 5.09. The van der Waals surface area contributed by atoms with Gasteiger partial charge in [0.1, 0.15) is 5.82 Å². The third-order valence-electron chi connectivity index (χ3n) is 3.49. The number of pyridine rings is 2. The van der Waals surface area contributed by atoms with Gasteiger partial charge in [-0.1, -0.05) is 17.7 Å². The molecular weight excluding hydrogens is 304 g/mol. The fraction of sp³-hybridized carbons (Fsp3) is 0.267. The summed E-state index contributed by atoms with van der Waals surface area (Å²) in [6, 6.07) is 7.88. The van der Waals surface area contributed by atoms with Crippen LogP contribution in [0.1, 0.15) is 23.6 Å². The lowest BCUT2D eigenvalue weighted by Gasteiger charge is -2.11. The van der Waals surface area contributed by atoms with Gasteiger partial charge in [0.15, 0.2) is 5.11 Å². The highest BCUT2D eigenvalue weighted by Crippen LogP contribution is 2.42. The Morgan fingerprint density at radius 1 is 1.29 bits per heavy atom. The predicted octanol–water partition coefficient (Wildman–Crippen LogP) is 3.28. The van der Waals surface area contributed by atoms with E-state index in [9.17, 15) is 0 Å². The Hall–Kier alpha value is -1.72. The van der Waals surface area contributed by atoms with Gasteiger partial charge in [-0.05, 0) is 49.3 Å². The van der Waals surface area contributed by atoms with Gasteiger partial charge in [-0.3, -0.25) is 4.98 Å². The average Bonchev–Trinajstić information content (AvgIpc) is 3.21. The number of aromatic nitrogens is 2. The van der Waals surface area contributed by atoms with Crippen molar-refractivity contribution in [3.05, 3.63) is 52.9 Å². The van der Waals surface area contributed by atoms with Crippen molar-refractivity contribution in [1.82, 2.24) is 15.3 Å². The van der Waals surface area contributed by atoms with Crippen molar-refractivity contribution in [2.75, 3.05) is 5.32 Å². The maximum absolute atomic E-state index is 6.16. The van der Waals surface area contributed by atoms with Crippen LogP contribution in [0.4, 0.5) is 5.82 Å². The quantitative estimate of drug-likeness (QED) is 0.851. The van der Waals surface area contributed by atoms with E-state index < -0.39 is 0 Å². The molecule has 1 fully saturated rings. The summed E-state index contributed by atoms with van der Waals surface area (Å²) in [4.78, 5) is 8.61. The number of rotatable bonds is 3. The number of hydrogen-bond acceptors (Lipinski definition) is 3. The lowest BCUT2D eigenvalue weighted by molar-refractivity contribution is 0.858. The molecule has 4 nitrogen and oxygen atoms in total. The van der Waals surface area contributed by atoms with Crippen molar-refractivity contribution in [3.8, 4) is 0 Å². The standard InChI is InChI=1S/C15H15ClN4S/c1-9-4-2-7-18-14(9)20-15(21)19-12-8-10(12)13-11(16)5-3-6-17-13/h2-7,10,12H,8H2,1H3,(H2,18,19,20,21). The molecule has 2 heterocycles. The van der Waals surface area contributed by atoms with E-state index in [1.165, 1.54) is 0 Å². The van der Waals surface area contributed by atoms with E-state index in [4.69, 9.17) is 23.8 Å². The van der Waals surface area contributed by atoms with Crippen molar-refractivity contribution in [2.24, 2.45) is 0 Å². The lowest BCUT2D eigenvalue weighted by Crippen LogP contribution is -2.31. The van der Waals surface area contributed by atoms with Crippen LogP contribution in [-0.2, 0) is 0 Å². The number of hydrogen-bond donors (Lipinski definition) is 2. The number of nitrogens with one attached hydrogen (secondary N) is 2. The number of anilines is 1. The summed E-state index contributed by atoms with van der Waals surface area (Å²) in [6.07, 6.45) is 4.50. The molecule has 1 saturated carbocycles. The smallest absolute Gasteiger partial charge is 0.172 e. The minimum Gasteiger partial charge on any atom is -0.359 e. The predicted molar refractivity (Wildman–Crippen MR) is 88.7 cm³/mol. The van der Waals surface area contributed by atoms with E-state index >= 15 is 0 Å². The first-order chi connectivity index (χ1) is 10.1. The SMILES string of the molecule is Cc1cccnc1NC(=S)NC1CC1c1ncccc1Cl. The van der Waals surface area contributed by atoms with Crippen LogP contribution in [0.3, 0.4) is 0 Å². The molecule has 21 heavy (non-hydrogen) atoms. The lowest BCUT2D eigenvalue weighted by atomic mass is 10.2. The third-order valence-corrected chi connectivity index (χ3v) is 4.03. The van der Waals surface area contributed by atoms with Crippen LogP contribution in [0.5, 0.6) is 0 Å². The zero-order valence-electron chi connectivity index (χ0n) is 11.5. The van der Waals surface area contributed by atoms with Crippen LogP contribution in [-0.4, -0.2) is 21.1 Å². The molecule has 3 rings (SSSR count). The van der Waals surface area contributed by atoms with Gasteiger partial charge in [0, 0.05) is 24.4 Å². The Morgan fingerprint density at radius 3 is 2.81 bits per heavy atom. The van der Waals surface area contributed by atoms with E-state index in [1.54, 1.807) is 12.4 Å². The molecule has 2 N–H and O–H groups in total. The summed E-state index contributed by atoms with van der Waals surface area (Å²) < 4.78 is 0. The first-order valence-electron chi connectivity index (χ1n) is 6.74. The number of thiocarbonyl (C=S) groups is 1. The topological polar surface area (TPSA) is 49.8 Å². The van der Waals surface area contributed by atoms with Crippen molar-refractivity contribution >= 4 is 34.7 Å². The second kappa shape index (κ2) is 5.95. The Kier molecular flexibility index (Phi) is 4.03. The molecule has 2 atom stereocenters. The fourth-order valence-corrected chi connectivity index (χ4v) is 2.77. The van der Waals surface area contributed by atoms with Gasteiger partial charge in [-0.25, -0.2) is 4.98 Å². The summed E-state index contributed by atoms with van der Waals surface area (Å²) in [5, 5.41) is 7.71. The summed E-state index contributed by atoms with van der Waals surface area (Å²) in [5.74, 6) is 1.10. The Bertz CT molecular complexity index is 676. The van der Waals surface area contributed by atoms with Crippen LogP contribution in [0, 0.1) is 6.92 Å². The van der Waals surface area contributed by atoms with Crippen molar-refractivity contribution in [1.29, 1.82) is 0 Å². The van der Waals surface area contributed by atoms with Crippen LogP contribution >= 0.6 is 23.8 Å².